The lowest BCUT2D eigenvalue weighted by Crippen LogP contribution is -2.48. The Hall–Kier alpha value is -1.08. The molecule has 7 heteroatoms. The topological polar surface area (TPSA) is 69.6 Å². The number of thiophene rings is 1. The van der Waals surface area contributed by atoms with Crippen LogP contribution in [0.3, 0.4) is 0 Å². The Balaban J connectivity index is 2.50. The van der Waals surface area contributed by atoms with E-state index < -0.39 is 11.5 Å². The number of nitrogens with one attached hydrogen (secondary N) is 1. The Labute approximate surface area is 131 Å². The van der Waals surface area contributed by atoms with Crippen LogP contribution in [0.15, 0.2) is 15.2 Å². The molecular formula is C13H19BrN2O3S. The summed E-state index contributed by atoms with van der Waals surface area (Å²) in [5, 5.41) is 13.5. The molecule has 112 valence electrons. The van der Waals surface area contributed by atoms with Gasteiger partial charge in [-0.25, -0.2) is 4.79 Å². The van der Waals surface area contributed by atoms with Crippen molar-refractivity contribution >= 4 is 39.3 Å². The van der Waals surface area contributed by atoms with Gasteiger partial charge in [-0.2, -0.15) is 0 Å². The minimum Gasteiger partial charge on any atom is -0.481 e. The van der Waals surface area contributed by atoms with Crippen LogP contribution in [0.4, 0.5) is 4.79 Å². The molecule has 0 bridgehead atoms. The third kappa shape index (κ3) is 5.92. The number of halogens is 1. The highest BCUT2D eigenvalue weighted by Gasteiger charge is 2.23. The minimum atomic E-state index is -0.858. The maximum absolute atomic E-state index is 12.1. The summed E-state index contributed by atoms with van der Waals surface area (Å²) in [7, 11) is 1.72. The van der Waals surface area contributed by atoms with E-state index in [0.717, 1.165) is 9.35 Å². The molecule has 5 nitrogen and oxygen atoms in total. The van der Waals surface area contributed by atoms with Crippen LogP contribution < -0.4 is 5.32 Å². The van der Waals surface area contributed by atoms with Crippen LogP contribution in [0.1, 0.15) is 32.3 Å². The number of rotatable bonds is 6. The Kier molecular flexibility index (Phi) is 6.01. The SMILES string of the molecule is CN(Cc1csc(Br)c1)C(=O)NC(C)(C)CCC(=O)O. The molecule has 0 unspecified atom stereocenters. The minimum absolute atomic E-state index is 0.0362. The third-order valence-electron chi connectivity index (χ3n) is 2.80. The summed E-state index contributed by atoms with van der Waals surface area (Å²) in [5.41, 5.74) is 0.516. The molecule has 1 aromatic rings. The number of carbonyl (C=O) groups excluding carboxylic acids is 1. The maximum atomic E-state index is 12.1. The molecule has 0 aromatic carbocycles. The quantitative estimate of drug-likeness (QED) is 0.815. The number of urea groups is 1. The predicted molar refractivity (Wildman–Crippen MR) is 83.0 cm³/mol. The van der Waals surface area contributed by atoms with Gasteiger partial charge >= 0.3 is 12.0 Å². The number of hydrogen-bond acceptors (Lipinski definition) is 3. The molecule has 0 saturated heterocycles. The summed E-state index contributed by atoms with van der Waals surface area (Å²) in [6, 6.07) is 1.77. The van der Waals surface area contributed by atoms with Gasteiger partial charge in [0.15, 0.2) is 0 Å². The normalized spacial score (nSPS) is 11.2. The molecular weight excluding hydrogens is 344 g/mol. The first kappa shape index (κ1) is 17.0. The van der Waals surface area contributed by atoms with Crippen LogP contribution in [-0.4, -0.2) is 34.6 Å². The number of amides is 2. The lowest BCUT2D eigenvalue weighted by Gasteiger charge is -2.28. The molecule has 1 aromatic heterocycles. The van der Waals surface area contributed by atoms with Crippen molar-refractivity contribution < 1.29 is 14.7 Å². The molecule has 0 aliphatic rings. The van der Waals surface area contributed by atoms with Crippen molar-refractivity contribution in [3.63, 3.8) is 0 Å². The van der Waals surface area contributed by atoms with Gasteiger partial charge in [0.1, 0.15) is 0 Å². The van der Waals surface area contributed by atoms with Gasteiger partial charge in [0.05, 0.1) is 3.79 Å². The van der Waals surface area contributed by atoms with Crippen molar-refractivity contribution in [2.24, 2.45) is 0 Å². The molecule has 2 N–H and O–H groups in total. The standard InChI is InChI=1S/C13H19BrN2O3S/c1-13(2,5-4-11(17)18)15-12(19)16(3)7-9-6-10(14)20-8-9/h6,8H,4-5,7H2,1-3H3,(H,15,19)(H,17,18). The third-order valence-corrected chi connectivity index (χ3v) is 4.35. The Morgan fingerprint density at radius 1 is 1.50 bits per heavy atom. The van der Waals surface area contributed by atoms with Gasteiger partial charge in [0, 0.05) is 25.6 Å². The smallest absolute Gasteiger partial charge is 0.317 e. The van der Waals surface area contributed by atoms with Gasteiger partial charge in [-0.1, -0.05) is 0 Å². The van der Waals surface area contributed by atoms with Crippen molar-refractivity contribution in [3.8, 4) is 0 Å². The average molecular weight is 363 g/mol. The van der Waals surface area contributed by atoms with Crippen molar-refractivity contribution in [2.45, 2.75) is 38.8 Å². The molecule has 0 atom stereocenters. The first-order valence-electron chi connectivity index (χ1n) is 6.17. The molecule has 0 radical (unpaired) electrons. The van der Waals surface area contributed by atoms with Crippen LogP contribution in [0.2, 0.25) is 0 Å². The largest absolute Gasteiger partial charge is 0.481 e. The second-order valence-corrected chi connectivity index (χ2v) is 7.61. The number of carbonyl (C=O) groups is 2. The zero-order chi connectivity index (χ0) is 15.3. The summed E-state index contributed by atoms with van der Waals surface area (Å²) < 4.78 is 1.03. The zero-order valence-electron chi connectivity index (χ0n) is 11.8. The van der Waals surface area contributed by atoms with E-state index in [9.17, 15) is 9.59 Å². The van der Waals surface area contributed by atoms with Crippen molar-refractivity contribution in [1.82, 2.24) is 10.2 Å². The van der Waals surface area contributed by atoms with Crippen LogP contribution in [-0.2, 0) is 11.3 Å². The number of carboxylic acids is 1. The van der Waals surface area contributed by atoms with E-state index in [1.807, 2.05) is 25.3 Å². The van der Waals surface area contributed by atoms with Gasteiger partial charge in [-0.15, -0.1) is 11.3 Å². The van der Waals surface area contributed by atoms with E-state index in [1.165, 1.54) is 0 Å². The first-order chi connectivity index (χ1) is 9.19. The zero-order valence-corrected chi connectivity index (χ0v) is 14.2. The summed E-state index contributed by atoms with van der Waals surface area (Å²) in [5.74, 6) is -0.858. The molecule has 0 saturated carbocycles. The molecule has 0 fully saturated rings. The summed E-state index contributed by atoms with van der Waals surface area (Å²) in [4.78, 5) is 24.2. The van der Waals surface area contributed by atoms with Crippen molar-refractivity contribution in [3.05, 3.63) is 20.8 Å². The van der Waals surface area contributed by atoms with E-state index in [0.29, 0.717) is 13.0 Å². The highest BCUT2D eigenvalue weighted by molar-refractivity contribution is 9.11. The summed E-state index contributed by atoms with van der Waals surface area (Å²) in [6.07, 6.45) is 0.431. The Bertz CT molecular complexity index is 488. The van der Waals surface area contributed by atoms with Crippen molar-refractivity contribution in [2.75, 3.05) is 7.05 Å². The fourth-order valence-electron chi connectivity index (χ4n) is 1.64. The Morgan fingerprint density at radius 2 is 2.15 bits per heavy atom. The number of nitrogens with zero attached hydrogens (tertiary/aromatic N) is 1. The van der Waals surface area contributed by atoms with Crippen LogP contribution in [0, 0.1) is 0 Å². The lowest BCUT2D eigenvalue weighted by atomic mass is 9.99. The van der Waals surface area contributed by atoms with E-state index in [4.69, 9.17) is 5.11 Å². The van der Waals surface area contributed by atoms with Gasteiger partial charge in [0.2, 0.25) is 0 Å². The van der Waals surface area contributed by atoms with Gasteiger partial charge in [0.25, 0.3) is 0 Å². The van der Waals surface area contributed by atoms with E-state index in [1.54, 1.807) is 23.3 Å². The van der Waals surface area contributed by atoms with Crippen LogP contribution in [0.25, 0.3) is 0 Å². The van der Waals surface area contributed by atoms with E-state index in [-0.39, 0.29) is 12.5 Å². The summed E-state index contributed by atoms with van der Waals surface area (Å²) >= 11 is 4.96. The molecule has 0 spiro atoms. The van der Waals surface area contributed by atoms with Gasteiger partial charge < -0.3 is 15.3 Å². The molecule has 1 rings (SSSR count). The fourth-order valence-corrected chi connectivity index (χ4v) is 2.84. The predicted octanol–water partition coefficient (Wildman–Crippen LogP) is 3.30. The maximum Gasteiger partial charge on any atom is 0.317 e. The molecule has 20 heavy (non-hydrogen) atoms. The molecule has 2 amide bonds. The van der Waals surface area contributed by atoms with Crippen LogP contribution in [0.5, 0.6) is 0 Å². The van der Waals surface area contributed by atoms with Gasteiger partial charge in [-0.3, -0.25) is 4.79 Å². The van der Waals surface area contributed by atoms with E-state index in [2.05, 4.69) is 21.2 Å². The van der Waals surface area contributed by atoms with Crippen LogP contribution >= 0.6 is 27.3 Å². The van der Waals surface area contributed by atoms with Crippen molar-refractivity contribution in [1.29, 1.82) is 0 Å². The lowest BCUT2D eigenvalue weighted by molar-refractivity contribution is -0.137. The second kappa shape index (κ2) is 7.08. The second-order valence-electron chi connectivity index (χ2n) is 5.32. The highest BCUT2D eigenvalue weighted by Crippen LogP contribution is 2.21. The fraction of sp³-hybridized carbons (Fsp3) is 0.538. The van der Waals surface area contributed by atoms with E-state index >= 15 is 0 Å². The average Bonchev–Trinajstić information content (AvgIpc) is 2.71. The number of hydrogen-bond donors (Lipinski definition) is 2. The molecule has 1 heterocycles. The number of aliphatic carboxylic acids is 1. The number of carboxylic acid groups (broad SMARTS) is 1. The monoisotopic (exact) mass is 362 g/mol. The molecule has 0 aliphatic heterocycles. The highest BCUT2D eigenvalue weighted by atomic mass is 79.9. The first-order valence-corrected chi connectivity index (χ1v) is 7.85. The Morgan fingerprint density at radius 3 is 2.65 bits per heavy atom. The van der Waals surface area contributed by atoms with Gasteiger partial charge in [-0.05, 0) is 53.2 Å². The molecule has 0 aliphatic carbocycles. The summed E-state index contributed by atoms with van der Waals surface area (Å²) in [6.45, 7) is 4.16.